The summed E-state index contributed by atoms with van der Waals surface area (Å²) in [5.74, 6) is 0.833. The van der Waals surface area contributed by atoms with Gasteiger partial charge in [0.1, 0.15) is 12.4 Å². The van der Waals surface area contributed by atoms with Gasteiger partial charge in [0, 0.05) is 32.6 Å². The van der Waals surface area contributed by atoms with E-state index in [1.807, 2.05) is 0 Å². The quantitative estimate of drug-likeness (QED) is 0.585. The molecule has 0 aliphatic carbocycles. The normalized spacial score (nSPS) is 13.6. The van der Waals surface area contributed by atoms with Gasteiger partial charge in [-0.25, -0.2) is 14.3 Å². The average molecular weight is 441 g/mol. The van der Waals surface area contributed by atoms with Crippen molar-refractivity contribution in [3.8, 4) is 0 Å². The van der Waals surface area contributed by atoms with Crippen LogP contribution in [0.1, 0.15) is 36.2 Å². The maximum Gasteiger partial charge on any atom is 0.411 e. The Kier molecular flexibility index (Phi) is 7.72. The molecule has 0 atom stereocenters. The number of hydrogen-bond acceptors (Lipinski definition) is 4. The fraction of sp³-hybridized carbons (Fsp3) is 0.550. The summed E-state index contributed by atoms with van der Waals surface area (Å²) in [5, 5.41) is 9.80. The number of hydrogen-bond donors (Lipinski definition) is 2. The molecule has 170 valence electrons. The second-order valence-electron chi connectivity index (χ2n) is 7.42. The molecule has 1 aliphatic heterocycles. The molecule has 11 heteroatoms. The van der Waals surface area contributed by atoms with Crippen LogP contribution in [0.5, 0.6) is 0 Å². The van der Waals surface area contributed by atoms with Gasteiger partial charge in [-0.15, -0.1) is 0 Å². The zero-order valence-electron chi connectivity index (χ0n) is 17.1. The summed E-state index contributed by atoms with van der Waals surface area (Å²) in [6.45, 7) is 0.427. The standard InChI is InChI=1S/C20H26F3N5O3/c21-20(22,23)14-31-13-16-7-5-15(6-8-16)12-25-18(29)24-9-3-11-28-19(30)27-10-2-1-4-17(27)26-28/h5-8H,1-4,9-14H2,(H2,24,25,29). The third kappa shape index (κ3) is 7.12. The molecule has 1 aromatic heterocycles. The van der Waals surface area contributed by atoms with Gasteiger partial charge >= 0.3 is 17.9 Å². The monoisotopic (exact) mass is 441 g/mol. The first kappa shape index (κ1) is 22.9. The molecular weight excluding hydrogens is 415 g/mol. The van der Waals surface area contributed by atoms with Crippen molar-refractivity contribution in [1.29, 1.82) is 0 Å². The lowest BCUT2D eigenvalue weighted by atomic mass is 10.1. The molecule has 0 radical (unpaired) electrons. The molecule has 3 rings (SSSR count). The van der Waals surface area contributed by atoms with E-state index in [1.54, 1.807) is 28.8 Å². The molecule has 2 amide bonds. The summed E-state index contributed by atoms with van der Waals surface area (Å²) in [7, 11) is 0. The second-order valence-corrected chi connectivity index (χ2v) is 7.42. The van der Waals surface area contributed by atoms with Gasteiger partial charge in [0.2, 0.25) is 0 Å². The minimum absolute atomic E-state index is 0.0913. The molecule has 1 aromatic carbocycles. The average Bonchev–Trinajstić information content (AvgIpc) is 3.05. The number of amides is 2. The van der Waals surface area contributed by atoms with Crippen molar-refractivity contribution in [2.45, 2.75) is 58.1 Å². The smallest absolute Gasteiger partial charge is 0.367 e. The number of halogens is 3. The molecule has 2 aromatic rings. The zero-order chi connectivity index (χ0) is 22.3. The SMILES string of the molecule is O=C(NCCCn1nc2n(c1=O)CCCC2)NCc1ccc(COCC(F)(F)F)cc1. The van der Waals surface area contributed by atoms with Crippen LogP contribution in [0.4, 0.5) is 18.0 Å². The lowest BCUT2D eigenvalue weighted by molar-refractivity contribution is -0.176. The van der Waals surface area contributed by atoms with Crippen molar-refractivity contribution >= 4 is 6.03 Å². The Morgan fingerprint density at radius 1 is 1.13 bits per heavy atom. The fourth-order valence-corrected chi connectivity index (χ4v) is 3.31. The minimum atomic E-state index is -4.34. The van der Waals surface area contributed by atoms with Gasteiger partial charge < -0.3 is 15.4 Å². The largest absolute Gasteiger partial charge is 0.411 e. The van der Waals surface area contributed by atoms with Crippen molar-refractivity contribution in [2.75, 3.05) is 13.2 Å². The van der Waals surface area contributed by atoms with Crippen LogP contribution in [-0.2, 0) is 37.4 Å². The lowest BCUT2D eigenvalue weighted by Gasteiger charge is -2.09. The number of rotatable bonds is 9. The molecule has 8 nitrogen and oxygen atoms in total. The number of aromatic nitrogens is 3. The molecule has 0 unspecified atom stereocenters. The Morgan fingerprint density at radius 3 is 2.58 bits per heavy atom. The summed E-state index contributed by atoms with van der Waals surface area (Å²) < 4.78 is 44.0. The summed E-state index contributed by atoms with van der Waals surface area (Å²) >= 11 is 0. The highest BCUT2D eigenvalue weighted by atomic mass is 19.4. The first-order chi connectivity index (χ1) is 14.8. The van der Waals surface area contributed by atoms with Crippen LogP contribution in [0, 0.1) is 0 Å². The van der Waals surface area contributed by atoms with Crippen LogP contribution in [-0.4, -0.2) is 39.7 Å². The summed E-state index contributed by atoms with van der Waals surface area (Å²) in [6, 6.07) is 6.43. The summed E-state index contributed by atoms with van der Waals surface area (Å²) in [6.07, 6.45) is -0.895. The van der Waals surface area contributed by atoms with Crippen LogP contribution in [0.3, 0.4) is 0 Å². The van der Waals surface area contributed by atoms with Crippen molar-refractivity contribution < 1.29 is 22.7 Å². The Balaban J connectivity index is 1.32. The topological polar surface area (TPSA) is 90.2 Å². The van der Waals surface area contributed by atoms with Crippen molar-refractivity contribution in [2.24, 2.45) is 0 Å². The molecule has 0 bridgehead atoms. The predicted octanol–water partition coefficient (Wildman–Crippen LogP) is 2.35. The van der Waals surface area contributed by atoms with Crippen LogP contribution >= 0.6 is 0 Å². The van der Waals surface area contributed by atoms with E-state index in [4.69, 9.17) is 0 Å². The first-order valence-corrected chi connectivity index (χ1v) is 10.2. The number of urea groups is 1. The third-order valence-corrected chi connectivity index (χ3v) is 4.87. The van der Waals surface area contributed by atoms with E-state index in [-0.39, 0.29) is 24.9 Å². The van der Waals surface area contributed by atoms with Gasteiger partial charge in [-0.05, 0) is 30.4 Å². The van der Waals surface area contributed by atoms with Gasteiger partial charge in [0.15, 0.2) is 0 Å². The number of nitrogens with one attached hydrogen (secondary N) is 2. The Hall–Kier alpha value is -2.82. The molecular formula is C20H26F3N5O3. The zero-order valence-corrected chi connectivity index (χ0v) is 17.1. The molecule has 0 saturated carbocycles. The Morgan fingerprint density at radius 2 is 1.87 bits per heavy atom. The van der Waals surface area contributed by atoms with E-state index in [0.29, 0.717) is 25.1 Å². The number of ether oxygens (including phenoxy) is 1. The Bertz CT molecular complexity index is 922. The van der Waals surface area contributed by atoms with E-state index >= 15 is 0 Å². The number of fused-ring (bicyclic) bond motifs is 1. The predicted molar refractivity (Wildman–Crippen MR) is 106 cm³/mol. The fourth-order valence-electron chi connectivity index (χ4n) is 3.31. The first-order valence-electron chi connectivity index (χ1n) is 10.2. The minimum Gasteiger partial charge on any atom is -0.367 e. The number of carbonyl (C=O) groups is 1. The molecule has 31 heavy (non-hydrogen) atoms. The van der Waals surface area contributed by atoms with Gasteiger partial charge in [-0.2, -0.15) is 18.3 Å². The molecule has 0 fully saturated rings. The maximum absolute atomic E-state index is 12.2. The van der Waals surface area contributed by atoms with E-state index in [2.05, 4.69) is 20.5 Å². The number of aryl methyl sites for hydroxylation is 2. The molecule has 0 saturated heterocycles. The van der Waals surface area contributed by atoms with Crippen molar-refractivity contribution in [3.63, 3.8) is 0 Å². The number of nitrogens with zero attached hydrogens (tertiary/aromatic N) is 3. The van der Waals surface area contributed by atoms with Crippen LogP contribution in [0.25, 0.3) is 0 Å². The highest BCUT2D eigenvalue weighted by Gasteiger charge is 2.27. The van der Waals surface area contributed by atoms with Crippen molar-refractivity contribution in [3.05, 3.63) is 51.7 Å². The van der Waals surface area contributed by atoms with Crippen LogP contribution in [0.15, 0.2) is 29.1 Å². The second kappa shape index (κ2) is 10.5. The highest BCUT2D eigenvalue weighted by molar-refractivity contribution is 5.73. The molecule has 0 spiro atoms. The number of carbonyl (C=O) groups excluding carboxylic acids is 1. The maximum atomic E-state index is 12.2. The number of benzene rings is 1. The van der Waals surface area contributed by atoms with E-state index < -0.39 is 12.8 Å². The molecule has 2 heterocycles. The van der Waals surface area contributed by atoms with Gasteiger partial charge in [-0.3, -0.25) is 4.57 Å². The third-order valence-electron chi connectivity index (χ3n) is 4.87. The Labute approximate surface area is 177 Å². The van der Waals surface area contributed by atoms with E-state index in [9.17, 15) is 22.8 Å². The van der Waals surface area contributed by atoms with E-state index in [0.717, 1.165) is 37.2 Å². The highest BCUT2D eigenvalue weighted by Crippen LogP contribution is 2.16. The molecule has 2 N–H and O–H groups in total. The van der Waals surface area contributed by atoms with Gasteiger partial charge in [-0.1, -0.05) is 24.3 Å². The van der Waals surface area contributed by atoms with Crippen molar-refractivity contribution in [1.82, 2.24) is 25.0 Å². The van der Waals surface area contributed by atoms with Gasteiger partial charge in [0.05, 0.1) is 6.61 Å². The summed E-state index contributed by atoms with van der Waals surface area (Å²) in [5.41, 5.74) is 1.34. The summed E-state index contributed by atoms with van der Waals surface area (Å²) in [4.78, 5) is 24.2. The van der Waals surface area contributed by atoms with Gasteiger partial charge in [0.25, 0.3) is 0 Å². The van der Waals surface area contributed by atoms with E-state index in [1.165, 1.54) is 4.68 Å². The van der Waals surface area contributed by atoms with Crippen LogP contribution < -0.4 is 16.3 Å². The molecule has 1 aliphatic rings. The number of alkyl halides is 3. The lowest BCUT2D eigenvalue weighted by Crippen LogP contribution is -2.36. The van der Waals surface area contributed by atoms with Crippen LogP contribution in [0.2, 0.25) is 0 Å².